The number of ether oxygens (including phenoxy) is 1. The highest BCUT2D eigenvalue weighted by Crippen LogP contribution is 2.32. The molecule has 2 aromatic heterocycles. The third kappa shape index (κ3) is 4.44. The summed E-state index contributed by atoms with van der Waals surface area (Å²) >= 11 is 0. The number of terminal acetylenes is 1. The molecular weight excluding hydrogens is 438 g/mol. The number of nitrogens with one attached hydrogen (secondary N) is 1. The summed E-state index contributed by atoms with van der Waals surface area (Å²) in [6, 6.07) is 5.44. The predicted octanol–water partition coefficient (Wildman–Crippen LogP) is -0.821. The predicted molar refractivity (Wildman–Crippen MR) is 125 cm³/mol. The molecule has 34 heavy (non-hydrogen) atoms. The fourth-order valence-electron chi connectivity index (χ4n) is 4.01. The van der Waals surface area contributed by atoms with Crippen molar-refractivity contribution in [2.75, 3.05) is 25.6 Å². The van der Waals surface area contributed by atoms with E-state index in [9.17, 15) is 15.0 Å². The zero-order valence-corrected chi connectivity index (χ0v) is 18.9. The third-order valence-electron chi connectivity index (χ3n) is 5.81. The largest absolute Gasteiger partial charge is 0.394 e. The second kappa shape index (κ2) is 9.74. The monoisotopic (exact) mass is 465 g/mol. The number of carbonyl (C=O) groups is 1. The number of hydrogen-bond donors (Lipinski definition) is 4. The Balaban J connectivity index is 1.50. The van der Waals surface area contributed by atoms with Crippen LogP contribution in [0.1, 0.15) is 17.4 Å². The van der Waals surface area contributed by atoms with Gasteiger partial charge in [0.05, 0.1) is 25.0 Å². The minimum atomic E-state index is -1.18. The maximum absolute atomic E-state index is 12.8. The highest BCUT2D eigenvalue weighted by molar-refractivity contribution is 5.83. The van der Waals surface area contributed by atoms with Crippen molar-refractivity contribution in [1.29, 1.82) is 0 Å². The number of nitrogens with zero attached hydrogens (tertiary/aromatic N) is 5. The average molecular weight is 466 g/mol. The van der Waals surface area contributed by atoms with Crippen molar-refractivity contribution in [3.63, 3.8) is 0 Å². The number of anilines is 1. The second-order valence-corrected chi connectivity index (χ2v) is 8.34. The van der Waals surface area contributed by atoms with Crippen LogP contribution in [0.4, 0.5) is 5.82 Å². The molecule has 0 spiro atoms. The van der Waals surface area contributed by atoms with Gasteiger partial charge in [-0.2, -0.15) is 0 Å². The highest BCUT2D eigenvalue weighted by atomic mass is 16.5. The lowest BCUT2D eigenvalue weighted by Crippen LogP contribution is -2.53. The van der Waals surface area contributed by atoms with E-state index in [1.54, 1.807) is 21.6 Å². The topological polar surface area (TPSA) is 152 Å². The van der Waals surface area contributed by atoms with E-state index in [0.717, 1.165) is 11.1 Å². The molecule has 1 saturated heterocycles. The summed E-state index contributed by atoms with van der Waals surface area (Å²) in [5, 5.41) is 23.6. The molecule has 5 atom stereocenters. The minimum Gasteiger partial charge on any atom is -0.394 e. The van der Waals surface area contributed by atoms with Crippen molar-refractivity contribution in [3.8, 4) is 12.3 Å². The van der Waals surface area contributed by atoms with Crippen LogP contribution in [-0.2, 0) is 16.0 Å². The van der Waals surface area contributed by atoms with Crippen molar-refractivity contribution in [2.45, 2.75) is 36.9 Å². The minimum absolute atomic E-state index is 0.282. The molecule has 1 aliphatic rings. The molecule has 11 nitrogen and oxygen atoms in total. The Morgan fingerprint density at radius 1 is 1.32 bits per heavy atom. The molecule has 1 unspecified atom stereocenters. The van der Waals surface area contributed by atoms with Crippen LogP contribution in [0.15, 0.2) is 36.9 Å². The first-order valence-corrected chi connectivity index (χ1v) is 10.7. The zero-order valence-electron chi connectivity index (χ0n) is 18.9. The molecule has 5 N–H and O–H groups in total. The molecule has 0 bridgehead atoms. The Hall–Kier alpha value is -3.56. The number of amides is 1. The number of rotatable bonds is 7. The van der Waals surface area contributed by atoms with Crippen LogP contribution in [0.2, 0.25) is 0 Å². The number of benzene rings is 1. The van der Waals surface area contributed by atoms with Gasteiger partial charge in [-0.05, 0) is 24.1 Å². The number of aromatic nitrogens is 4. The van der Waals surface area contributed by atoms with Gasteiger partial charge in [0.25, 0.3) is 0 Å². The fraction of sp³-hybridized carbons (Fsp3) is 0.391. The van der Waals surface area contributed by atoms with Gasteiger partial charge in [-0.1, -0.05) is 18.1 Å². The van der Waals surface area contributed by atoms with Gasteiger partial charge < -0.3 is 30.9 Å². The number of carbonyl (C=O) groups excluding carboxylic acids is 1. The molecule has 178 valence electrons. The lowest BCUT2D eigenvalue weighted by atomic mass is 10.0. The molecule has 3 aromatic rings. The molecule has 3 heterocycles. The second-order valence-electron chi connectivity index (χ2n) is 8.34. The van der Waals surface area contributed by atoms with E-state index in [-0.39, 0.29) is 6.42 Å². The van der Waals surface area contributed by atoms with E-state index < -0.39 is 43.0 Å². The van der Waals surface area contributed by atoms with Gasteiger partial charge in [0.15, 0.2) is 23.2 Å². The van der Waals surface area contributed by atoms with Crippen LogP contribution < -0.4 is 16.0 Å². The quantitative estimate of drug-likeness (QED) is 0.328. The summed E-state index contributed by atoms with van der Waals surface area (Å²) in [6.45, 7) is -0.411. The van der Waals surface area contributed by atoms with Crippen molar-refractivity contribution in [3.05, 3.63) is 48.0 Å². The number of aliphatic hydroxyl groups is 2. The fourth-order valence-corrected chi connectivity index (χ4v) is 4.01. The van der Waals surface area contributed by atoms with E-state index in [1.807, 2.05) is 26.2 Å². The van der Waals surface area contributed by atoms with E-state index >= 15 is 0 Å². The summed E-state index contributed by atoms with van der Waals surface area (Å²) in [5.41, 5.74) is 8.68. The molecule has 1 amide bonds. The van der Waals surface area contributed by atoms with Crippen LogP contribution in [-0.4, -0.2) is 80.6 Å². The smallest absolute Gasteiger partial charge is 0.237 e. The SMILES string of the molecule is C#Cc1ccc(C[C@H](N)C(=O)NC2[C@@H](CO)O[C@@H](n3cnc4c(N(C)C)ncnc43)[C@H]2O)cc1. The van der Waals surface area contributed by atoms with Crippen LogP contribution in [0.25, 0.3) is 11.2 Å². The van der Waals surface area contributed by atoms with E-state index in [1.165, 1.54) is 12.7 Å². The summed E-state index contributed by atoms with van der Waals surface area (Å²) < 4.78 is 7.45. The van der Waals surface area contributed by atoms with E-state index in [0.29, 0.717) is 17.0 Å². The first kappa shape index (κ1) is 23.6. The molecule has 4 rings (SSSR count). The Bertz CT molecular complexity index is 1200. The molecule has 11 heteroatoms. The number of imidazole rings is 1. The van der Waals surface area contributed by atoms with Gasteiger partial charge in [0, 0.05) is 19.7 Å². The number of nitrogens with two attached hydrogens (primary N) is 1. The molecule has 0 radical (unpaired) electrons. The highest BCUT2D eigenvalue weighted by Gasteiger charge is 2.46. The summed E-state index contributed by atoms with van der Waals surface area (Å²) in [7, 11) is 3.67. The number of fused-ring (bicyclic) bond motifs is 1. The Kier molecular flexibility index (Phi) is 6.76. The van der Waals surface area contributed by atoms with Crippen molar-refractivity contribution in [1.82, 2.24) is 24.8 Å². The lowest BCUT2D eigenvalue weighted by molar-refractivity contribution is -0.124. The Morgan fingerprint density at radius 3 is 2.71 bits per heavy atom. The van der Waals surface area contributed by atoms with Gasteiger partial charge in [-0.25, -0.2) is 15.0 Å². The van der Waals surface area contributed by atoms with Gasteiger partial charge in [0.1, 0.15) is 18.5 Å². The van der Waals surface area contributed by atoms with Crippen molar-refractivity contribution >= 4 is 22.9 Å². The molecule has 0 aliphatic carbocycles. The number of aliphatic hydroxyl groups excluding tert-OH is 2. The Labute approximate surface area is 196 Å². The summed E-state index contributed by atoms with van der Waals surface area (Å²) in [4.78, 5) is 27.5. The Morgan fingerprint density at radius 2 is 2.06 bits per heavy atom. The molecule has 0 saturated carbocycles. The first-order valence-electron chi connectivity index (χ1n) is 10.7. The van der Waals surface area contributed by atoms with Crippen molar-refractivity contribution in [2.24, 2.45) is 5.73 Å². The molecule has 1 aromatic carbocycles. The van der Waals surface area contributed by atoms with Crippen LogP contribution in [0.3, 0.4) is 0 Å². The maximum atomic E-state index is 12.8. The van der Waals surface area contributed by atoms with Gasteiger partial charge in [-0.15, -0.1) is 6.42 Å². The first-order chi connectivity index (χ1) is 16.3. The van der Waals surface area contributed by atoms with Crippen LogP contribution in [0.5, 0.6) is 0 Å². The van der Waals surface area contributed by atoms with Crippen LogP contribution in [0, 0.1) is 12.3 Å². The molecule has 1 aliphatic heterocycles. The normalized spacial score (nSPS) is 22.9. The van der Waals surface area contributed by atoms with Gasteiger partial charge >= 0.3 is 0 Å². The molecule has 1 fully saturated rings. The third-order valence-corrected chi connectivity index (χ3v) is 5.81. The molecular formula is C23H27N7O4. The lowest BCUT2D eigenvalue weighted by Gasteiger charge is -2.23. The maximum Gasteiger partial charge on any atom is 0.237 e. The van der Waals surface area contributed by atoms with Gasteiger partial charge in [-0.3, -0.25) is 9.36 Å². The van der Waals surface area contributed by atoms with E-state index in [2.05, 4.69) is 26.2 Å². The van der Waals surface area contributed by atoms with Crippen LogP contribution >= 0.6 is 0 Å². The summed E-state index contributed by atoms with van der Waals surface area (Å²) in [6.07, 6.45) is 5.58. The average Bonchev–Trinajstić information content (AvgIpc) is 3.40. The summed E-state index contributed by atoms with van der Waals surface area (Å²) in [5.74, 6) is 2.68. The zero-order chi connectivity index (χ0) is 24.4. The standard InChI is InChI=1S/C23H27N7O4/c1-4-13-5-7-14(8-6-13)9-15(24)22(33)28-17-16(10-31)34-23(19(17)32)30-12-27-18-20(29(2)3)25-11-26-21(18)30/h1,5-8,11-12,15-17,19,23,31-32H,9-10,24H2,2-3H3,(H,28,33)/t15-,16+,17?,19-,23+/m0/s1. The van der Waals surface area contributed by atoms with Crippen molar-refractivity contribution < 1.29 is 19.7 Å². The van der Waals surface area contributed by atoms with E-state index in [4.69, 9.17) is 16.9 Å². The number of hydrogen-bond acceptors (Lipinski definition) is 9. The van der Waals surface area contributed by atoms with Gasteiger partial charge in [0.2, 0.25) is 5.91 Å².